The Morgan fingerprint density at radius 2 is 2.00 bits per heavy atom. The van der Waals surface area contributed by atoms with Crippen molar-refractivity contribution < 1.29 is 9.18 Å². The number of hydrogen-bond acceptors (Lipinski definition) is 4. The van der Waals surface area contributed by atoms with Gasteiger partial charge in [0.05, 0.1) is 17.9 Å². The van der Waals surface area contributed by atoms with Crippen LogP contribution in [0.25, 0.3) is 0 Å². The normalized spacial score (nSPS) is 17.3. The molecule has 144 valence electrons. The van der Waals surface area contributed by atoms with Gasteiger partial charge in [-0.05, 0) is 30.5 Å². The maximum absolute atomic E-state index is 13.2. The average molecular weight is 392 g/mol. The molecule has 6 nitrogen and oxygen atoms in total. The highest BCUT2D eigenvalue weighted by atomic mass is 35.5. The van der Waals surface area contributed by atoms with Crippen LogP contribution in [0, 0.1) is 5.82 Å². The number of likely N-dealkylation sites (tertiary alicyclic amines) is 1. The molecule has 1 aromatic heterocycles. The second-order valence-corrected chi connectivity index (χ2v) is 7.65. The van der Waals surface area contributed by atoms with Gasteiger partial charge < -0.3 is 4.90 Å². The Labute approximate surface area is 162 Å². The van der Waals surface area contributed by atoms with E-state index in [4.69, 9.17) is 11.6 Å². The molecule has 1 saturated heterocycles. The third-order valence-electron chi connectivity index (χ3n) is 5.36. The molecule has 0 bridgehead atoms. The van der Waals surface area contributed by atoms with E-state index in [0.29, 0.717) is 31.0 Å². The first kappa shape index (κ1) is 18.4. The van der Waals surface area contributed by atoms with Crippen LogP contribution in [0.3, 0.4) is 0 Å². The number of nitrogens with zero attached hydrogens (tertiary/aromatic N) is 5. The Morgan fingerprint density at radius 1 is 1.19 bits per heavy atom. The van der Waals surface area contributed by atoms with Gasteiger partial charge in [-0.3, -0.25) is 9.69 Å². The Hall–Kier alpha value is -1.99. The molecule has 0 aliphatic carbocycles. The number of hydrogen-bond donors (Lipinski definition) is 0. The van der Waals surface area contributed by atoms with Crippen molar-refractivity contribution in [2.24, 2.45) is 0 Å². The van der Waals surface area contributed by atoms with Gasteiger partial charge in [0.1, 0.15) is 5.82 Å². The number of amides is 1. The first-order valence-electron chi connectivity index (χ1n) is 9.45. The molecule has 0 spiro atoms. The molecule has 0 atom stereocenters. The second-order valence-electron chi connectivity index (χ2n) is 7.24. The predicted octanol–water partition coefficient (Wildman–Crippen LogP) is 2.64. The maximum atomic E-state index is 13.2. The Morgan fingerprint density at radius 3 is 2.78 bits per heavy atom. The molecule has 0 saturated carbocycles. The fraction of sp³-hybridized carbons (Fsp3) is 0.526. The summed E-state index contributed by atoms with van der Waals surface area (Å²) in [6.07, 6.45) is 3.31. The van der Waals surface area contributed by atoms with Gasteiger partial charge in [-0.15, -0.1) is 5.10 Å². The highest BCUT2D eigenvalue weighted by molar-refractivity contribution is 6.31. The van der Waals surface area contributed by atoms with E-state index in [9.17, 15) is 9.18 Å². The summed E-state index contributed by atoms with van der Waals surface area (Å²) in [5.41, 5.74) is 2.87. The average Bonchev–Trinajstić information content (AvgIpc) is 3.32. The molecule has 0 radical (unpaired) electrons. The van der Waals surface area contributed by atoms with Crippen LogP contribution in [0.2, 0.25) is 5.02 Å². The van der Waals surface area contributed by atoms with E-state index in [1.807, 2.05) is 9.58 Å². The first-order chi connectivity index (χ1) is 13.1. The zero-order valence-corrected chi connectivity index (χ0v) is 16.0. The minimum absolute atomic E-state index is 0.208. The molecule has 2 aliphatic rings. The van der Waals surface area contributed by atoms with Gasteiger partial charge in [-0.1, -0.05) is 22.9 Å². The quantitative estimate of drug-likeness (QED) is 0.786. The van der Waals surface area contributed by atoms with Gasteiger partial charge in [0, 0.05) is 50.6 Å². The summed E-state index contributed by atoms with van der Waals surface area (Å²) in [6.45, 7) is 4.69. The summed E-state index contributed by atoms with van der Waals surface area (Å²) in [5, 5.41) is 9.00. The van der Waals surface area contributed by atoms with Crippen molar-refractivity contribution in [2.45, 2.75) is 45.3 Å². The van der Waals surface area contributed by atoms with Gasteiger partial charge in [-0.25, -0.2) is 9.07 Å². The van der Waals surface area contributed by atoms with Crippen molar-refractivity contribution in [1.82, 2.24) is 24.8 Å². The topological polar surface area (TPSA) is 54.3 Å². The minimum atomic E-state index is -0.324. The number of halogens is 2. The van der Waals surface area contributed by atoms with E-state index in [2.05, 4.69) is 15.2 Å². The SMILES string of the molecule is O=C(CCc1nnn2c1CN(Cc1ccc(F)cc1Cl)CC2)N1CCCC1. The summed E-state index contributed by atoms with van der Waals surface area (Å²) in [7, 11) is 0. The Kier molecular flexibility index (Phi) is 5.41. The molecule has 0 unspecified atom stereocenters. The van der Waals surface area contributed by atoms with E-state index < -0.39 is 0 Å². The fourth-order valence-corrected chi connectivity index (χ4v) is 4.05. The van der Waals surface area contributed by atoms with Crippen molar-refractivity contribution in [2.75, 3.05) is 19.6 Å². The van der Waals surface area contributed by atoms with E-state index in [1.165, 1.54) is 12.1 Å². The number of fused-ring (bicyclic) bond motifs is 1. The molecular formula is C19H23ClFN5O. The Bertz CT molecular complexity index is 834. The van der Waals surface area contributed by atoms with Crippen LogP contribution in [0.4, 0.5) is 4.39 Å². The molecule has 8 heteroatoms. The fourth-order valence-electron chi connectivity index (χ4n) is 3.82. The number of carbonyl (C=O) groups is 1. The Balaban J connectivity index is 1.39. The van der Waals surface area contributed by atoms with Crippen LogP contribution in [-0.4, -0.2) is 50.3 Å². The van der Waals surface area contributed by atoms with Gasteiger partial charge in [-0.2, -0.15) is 0 Å². The number of benzene rings is 1. The molecule has 3 heterocycles. The molecule has 2 aromatic rings. The lowest BCUT2D eigenvalue weighted by atomic mass is 10.1. The van der Waals surface area contributed by atoms with Crippen molar-refractivity contribution in [3.63, 3.8) is 0 Å². The lowest BCUT2D eigenvalue weighted by molar-refractivity contribution is -0.130. The lowest BCUT2D eigenvalue weighted by Gasteiger charge is -2.28. The third-order valence-corrected chi connectivity index (χ3v) is 5.71. The number of rotatable bonds is 5. The largest absolute Gasteiger partial charge is 0.343 e. The molecule has 1 aromatic carbocycles. The van der Waals surface area contributed by atoms with Gasteiger partial charge in [0.25, 0.3) is 0 Å². The summed E-state index contributed by atoms with van der Waals surface area (Å²) in [5.74, 6) is -0.116. The van der Waals surface area contributed by atoms with Gasteiger partial charge >= 0.3 is 0 Å². The molecule has 1 amide bonds. The summed E-state index contributed by atoms with van der Waals surface area (Å²) in [6, 6.07) is 4.52. The van der Waals surface area contributed by atoms with Crippen molar-refractivity contribution in [3.05, 3.63) is 46.0 Å². The highest BCUT2D eigenvalue weighted by Crippen LogP contribution is 2.23. The van der Waals surface area contributed by atoms with Crippen molar-refractivity contribution in [1.29, 1.82) is 0 Å². The smallest absolute Gasteiger partial charge is 0.222 e. The van der Waals surface area contributed by atoms with Crippen LogP contribution >= 0.6 is 11.6 Å². The van der Waals surface area contributed by atoms with E-state index in [-0.39, 0.29) is 11.7 Å². The van der Waals surface area contributed by atoms with Crippen LogP contribution in [0.1, 0.15) is 36.2 Å². The number of aryl methyl sites for hydroxylation is 1. The monoisotopic (exact) mass is 391 g/mol. The molecular weight excluding hydrogens is 369 g/mol. The molecule has 1 fully saturated rings. The summed E-state index contributed by atoms with van der Waals surface area (Å²) in [4.78, 5) is 16.5. The summed E-state index contributed by atoms with van der Waals surface area (Å²) < 4.78 is 15.2. The standard InChI is InChI=1S/C19H23ClFN5O/c20-16-11-15(21)4-3-14(16)12-24-9-10-26-18(13-24)17(22-23-26)5-6-19(27)25-7-1-2-8-25/h3-4,11H,1-2,5-10,12-13H2. The zero-order chi connectivity index (χ0) is 18.8. The van der Waals surface area contributed by atoms with E-state index >= 15 is 0 Å². The van der Waals surface area contributed by atoms with E-state index in [1.54, 1.807) is 6.07 Å². The molecule has 27 heavy (non-hydrogen) atoms. The molecule has 4 rings (SSSR count). The summed E-state index contributed by atoms with van der Waals surface area (Å²) >= 11 is 6.17. The first-order valence-corrected chi connectivity index (χ1v) is 9.83. The predicted molar refractivity (Wildman–Crippen MR) is 99.7 cm³/mol. The van der Waals surface area contributed by atoms with Crippen molar-refractivity contribution in [3.8, 4) is 0 Å². The van der Waals surface area contributed by atoms with E-state index in [0.717, 1.165) is 56.0 Å². The minimum Gasteiger partial charge on any atom is -0.343 e. The van der Waals surface area contributed by atoms with Gasteiger partial charge in [0.15, 0.2) is 0 Å². The van der Waals surface area contributed by atoms with Crippen LogP contribution in [-0.2, 0) is 30.8 Å². The van der Waals surface area contributed by atoms with Crippen LogP contribution in [0.5, 0.6) is 0 Å². The lowest BCUT2D eigenvalue weighted by Crippen LogP contribution is -2.34. The van der Waals surface area contributed by atoms with Crippen LogP contribution in [0.15, 0.2) is 18.2 Å². The number of carbonyl (C=O) groups excluding carboxylic acids is 1. The molecule has 2 aliphatic heterocycles. The van der Waals surface area contributed by atoms with Crippen molar-refractivity contribution >= 4 is 17.5 Å². The van der Waals surface area contributed by atoms with Crippen LogP contribution < -0.4 is 0 Å². The van der Waals surface area contributed by atoms with Gasteiger partial charge in [0.2, 0.25) is 5.91 Å². The highest BCUT2D eigenvalue weighted by Gasteiger charge is 2.24. The molecule has 0 N–H and O–H groups in total. The maximum Gasteiger partial charge on any atom is 0.222 e. The second kappa shape index (κ2) is 7.94. The third kappa shape index (κ3) is 4.14. The number of aromatic nitrogens is 3. The zero-order valence-electron chi connectivity index (χ0n) is 15.2.